The molecule has 0 aliphatic carbocycles. The van der Waals surface area contributed by atoms with Crippen LogP contribution in [0.5, 0.6) is 0 Å². The molecule has 0 radical (unpaired) electrons. The number of likely N-dealkylation sites (tertiary alicyclic amines) is 1. The van der Waals surface area contributed by atoms with Crippen molar-refractivity contribution in [2.75, 3.05) is 24.6 Å². The fourth-order valence-electron chi connectivity index (χ4n) is 3.80. The van der Waals surface area contributed by atoms with Crippen molar-refractivity contribution in [3.8, 4) is 0 Å². The number of rotatable bonds is 7. The molecule has 1 aromatic carbocycles. The molecule has 2 heterocycles. The van der Waals surface area contributed by atoms with Gasteiger partial charge in [-0.1, -0.05) is 24.3 Å². The molecule has 2 amide bonds. The van der Waals surface area contributed by atoms with E-state index in [1.165, 1.54) is 6.92 Å². The number of ether oxygens (including phenoxy) is 1. The molecule has 1 fully saturated rings. The van der Waals surface area contributed by atoms with Gasteiger partial charge in [0.1, 0.15) is 5.60 Å². The van der Waals surface area contributed by atoms with Crippen molar-refractivity contribution in [2.45, 2.75) is 58.6 Å². The molecule has 172 valence electrons. The van der Waals surface area contributed by atoms with Crippen LogP contribution in [0, 0.1) is 0 Å². The van der Waals surface area contributed by atoms with Crippen LogP contribution in [-0.4, -0.2) is 58.3 Å². The zero-order chi connectivity index (χ0) is 23.3. The van der Waals surface area contributed by atoms with Gasteiger partial charge < -0.3 is 19.6 Å². The zero-order valence-electron chi connectivity index (χ0n) is 19.4. The predicted molar refractivity (Wildman–Crippen MR) is 124 cm³/mol. The molecule has 0 spiro atoms. The Balaban J connectivity index is 1.71. The quantitative estimate of drug-likeness (QED) is 0.713. The standard InChI is InChI=1S/C25H33N3O4/c1-18(30)28(17-22-8-10-27(22)24(31)32-25(2,3)4)23-14-21(15-26-16-23)13-20-7-5-6-19(12-20)9-11-29/h5-7,12,14-16,22,29H,8-11,13,17H2,1-4H3/t22-/m0/s1. The van der Waals surface area contributed by atoms with Gasteiger partial charge >= 0.3 is 6.09 Å². The number of anilines is 1. The van der Waals surface area contributed by atoms with Gasteiger partial charge in [-0.3, -0.25) is 9.78 Å². The maximum Gasteiger partial charge on any atom is 0.410 e. The van der Waals surface area contributed by atoms with Gasteiger partial charge in [0.2, 0.25) is 5.91 Å². The van der Waals surface area contributed by atoms with Crippen LogP contribution in [0.15, 0.2) is 42.7 Å². The molecule has 7 heteroatoms. The SMILES string of the molecule is CC(=O)N(C[C@@H]1CCN1C(=O)OC(C)(C)C)c1cncc(Cc2cccc(CCO)c2)c1. The number of benzene rings is 1. The third-order valence-corrected chi connectivity index (χ3v) is 5.44. The largest absolute Gasteiger partial charge is 0.444 e. The topological polar surface area (TPSA) is 83.0 Å². The third-order valence-electron chi connectivity index (χ3n) is 5.44. The summed E-state index contributed by atoms with van der Waals surface area (Å²) in [4.78, 5) is 32.6. The maximum absolute atomic E-state index is 12.5. The van der Waals surface area contributed by atoms with Gasteiger partial charge in [-0.15, -0.1) is 0 Å². The van der Waals surface area contributed by atoms with Crippen LogP contribution >= 0.6 is 0 Å². The molecule has 1 aliphatic heterocycles. The molecule has 1 aromatic heterocycles. The minimum Gasteiger partial charge on any atom is -0.444 e. The number of pyridine rings is 1. The first-order valence-electron chi connectivity index (χ1n) is 11.1. The molecule has 0 saturated carbocycles. The van der Waals surface area contributed by atoms with Crippen molar-refractivity contribution in [2.24, 2.45) is 0 Å². The van der Waals surface area contributed by atoms with Gasteiger partial charge in [0.25, 0.3) is 0 Å². The average Bonchev–Trinajstić information content (AvgIpc) is 2.66. The summed E-state index contributed by atoms with van der Waals surface area (Å²) >= 11 is 0. The first-order chi connectivity index (χ1) is 15.2. The molecule has 1 saturated heterocycles. The molecule has 1 aliphatic rings. The summed E-state index contributed by atoms with van der Waals surface area (Å²) in [5, 5.41) is 9.18. The lowest BCUT2D eigenvalue weighted by Crippen LogP contribution is -2.57. The van der Waals surface area contributed by atoms with Crippen LogP contribution in [0.2, 0.25) is 0 Å². The van der Waals surface area contributed by atoms with Gasteiger partial charge in [0.05, 0.1) is 17.9 Å². The van der Waals surface area contributed by atoms with Crippen molar-refractivity contribution in [3.05, 3.63) is 59.4 Å². The Labute approximate surface area is 190 Å². The van der Waals surface area contributed by atoms with Crippen LogP contribution in [0.4, 0.5) is 10.5 Å². The monoisotopic (exact) mass is 439 g/mol. The normalized spacial score (nSPS) is 15.8. The number of aliphatic hydroxyl groups is 1. The van der Waals surface area contributed by atoms with Crippen LogP contribution in [0.3, 0.4) is 0 Å². The van der Waals surface area contributed by atoms with E-state index in [1.54, 1.807) is 22.2 Å². The van der Waals surface area contributed by atoms with E-state index in [0.717, 1.165) is 28.8 Å². The Hall–Kier alpha value is -2.93. The second-order valence-corrected chi connectivity index (χ2v) is 9.27. The Kier molecular flexibility index (Phi) is 7.51. The number of nitrogens with zero attached hydrogens (tertiary/aromatic N) is 3. The smallest absolute Gasteiger partial charge is 0.410 e. The molecule has 2 aromatic rings. The van der Waals surface area contributed by atoms with E-state index in [2.05, 4.69) is 11.1 Å². The first kappa shape index (κ1) is 23.7. The number of aromatic nitrogens is 1. The lowest BCUT2D eigenvalue weighted by molar-refractivity contribution is -0.117. The molecule has 1 atom stereocenters. The molecule has 7 nitrogen and oxygen atoms in total. The lowest BCUT2D eigenvalue weighted by Gasteiger charge is -2.43. The van der Waals surface area contributed by atoms with E-state index >= 15 is 0 Å². The van der Waals surface area contributed by atoms with E-state index in [-0.39, 0.29) is 24.6 Å². The molecule has 1 N–H and O–H groups in total. The lowest BCUT2D eigenvalue weighted by atomic mass is 10.0. The zero-order valence-corrected chi connectivity index (χ0v) is 19.4. The number of carbonyl (C=O) groups excluding carboxylic acids is 2. The highest BCUT2D eigenvalue weighted by Crippen LogP contribution is 2.25. The highest BCUT2D eigenvalue weighted by molar-refractivity contribution is 5.91. The van der Waals surface area contributed by atoms with E-state index < -0.39 is 5.60 Å². The Morgan fingerprint density at radius 2 is 1.94 bits per heavy atom. The number of hydrogen-bond acceptors (Lipinski definition) is 5. The van der Waals surface area contributed by atoms with Crippen molar-refractivity contribution >= 4 is 17.7 Å². The number of hydrogen-bond donors (Lipinski definition) is 1. The van der Waals surface area contributed by atoms with E-state index in [9.17, 15) is 14.7 Å². The van der Waals surface area contributed by atoms with Crippen LogP contribution in [0.1, 0.15) is 50.8 Å². The van der Waals surface area contributed by atoms with Crippen molar-refractivity contribution in [1.29, 1.82) is 0 Å². The summed E-state index contributed by atoms with van der Waals surface area (Å²) in [6.45, 7) is 8.23. The summed E-state index contributed by atoms with van der Waals surface area (Å²) in [6.07, 6.45) is 5.28. The number of aliphatic hydroxyl groups excluding tert-OH is 1. The molecule has 0 unspecified atom stereocenters. The fourth-order valence-corrected chi connectivity index (χ4v) is 3.80. The molecule has 0 bridgehead atoms. The predicted octanol–water partition coefficient (Wildman–Crippen LogP) is 3.57. The minimum absolute atomic E-state index is 0.0763. The van der Waals surface area contributed by atoms with E-state index in [4.69, 9.17) is 4.74 Å². The Morgan fingerprint density at radius 3 is 2.56 bits per heavy atom. The molecule has 3 rings (SSSR count). The van der Waals surface area contributed by atoms with E-state index in [1.807, 2.05) is 45.0 Å². The molecular weight excluding hydrogens is 406 g/mol. The first-order valence-corrected chi connectivity index (χ1v) is 11.1. The van der Waals surface area contributed by atoms with E-state index in [0.29, 0.717) is 25.9 Å². The number of carbonyl (C=O) groups is 2. The van der Waals surface area contributed by atoms with Crippen molar-refractivity contribution < 1.29 is 19.4 Å². The second-order valence-electron chi connectivity index (χ2n) is 9.27. The van der Waals surface area contributed by atoms with Gasteiger partial charge in [0, 0.05) is 32.8 Å². The highest BCUT2D eigenvalue weighted by Gasteiger charge is 2.37. The average molecular weight is 440 g/mol. The second kappa shape index (κ2) is 10.1. The van der Waals surface area contributed by atoms with Gasteiger partial charge in [-0.25, -0.2) is 4.79 Å². The summed E-state index contributed by atoms with van der Waals surface area (Å²) < 4.78 is 5.49. The van der Waals surface area contributed by atoms with Crippen LogP contribution < -0.4 is 4.90 Å². The van der Waals surface area contributed by atoms with Crippen molar-refractivity contribution in [3.63, 3.8) is 0 Å². The summed E-state index contributed by atoms with van der Waals surface area (Å²) in [5.74, 6) is -0.0927. The van der Waals surface area contributed by atoms with Gasteiger partial charge in [0.15, 0.2) is 0 Å². The molecular formula is C25H33N3O4. The summed E-state index contributed by atoms with van der Waals surface area (Å²) in [5.41, 5.74) is 3.38. The Bertz CT molecular complexity index is 954. The maximum atomic E-state index is 12.5. The summed E-state index contributed by atoms with van der Waals surface area (Å²) in [7, 11) is 0. The minimum atomic E-state index is -0.551. The third kappa shape index (κ3) is 6.29. The highest BCUT2D eigenvalue weighted by atomic mass is 16.6. The van der Waals surface area contributed by atoms with Crippen LogP contribution in [0.25, 0.3) is 0 Å². The Morgan fingerprint density at radius 1 is 1.19 bits per heavy atom. The number of amides is 2. The van der Waals surface area contributed by atoms with Gasteiger partial charge in [-0.2, -0.15) is 0 Å². The fraction of sp³-hybridized carbons (Fsp3) is 0.480. The summed E-state index contributed by atoms with van der Waals surface area (Å²) in [6, 6.07) is 10.0. The van der Waals surface area contributed by atoms with Crippen LogP contribution in [-0.2, 0) is 22.4 Å². The van der Waals surface area contributed by atoms with Crippen molar-refractivity contribution in [1.82, 2.24) is 9.88 Å². The van der Waals surface area contributed by atoms with Gasteiger partial charge in [-0.05, 0) is 62.8 Å². The molecule has 32 heavy (non-hydrogen) atoms.